The molecule has 1 aliphatic heterocycles. The second kappa shape index (κ2) is 10.9. The molecule has 1 N–H and O–H groups in total. The van der Waals surface area contributed by atoms with E-state index in [4.69, 9.17) is 4.74 Å². The van der Waals surface area contributed by atoms with Crippen LogP contribution in [0.3, 0.4) is 0 Å². The van der Waals surface area contributed by atoms with Crippen LogP contribution < -0.4 is 10.9 Å². The molecule has 1 aliphatic rings. The van der Waals surface area contributed by atoms with Gasteiger partial charge in [-0.1, -0.05) is 42.1 Å². The van der Waals surface area contributed by atoms with Gasteiger partial charge in [-0.05, 0) is 22.6 Å². The molecule has 4 rings (SSSR count). The maximum absolute atomic E-state index is 12.7. The van der Waals surface area contributed by atoms with Gasteiger partial charge in [-0.2, -0.15) is 0 Å². The Kier molecular flexibility index (Phi) is 7.75. The molecular formula is C23H26N4O3S2. The van der Waals surface area contributed by atoms with Crippen molar-refractivity contribution < 1.29 is 9.53 Å². The van der Waals surface area contributed by atoms with Crippen LogP contribution in [0.1, 0.15) is 11.1 Å². The standard InChI is InChI=1S/C23H26N4O3S2/c1-2-8-27-22(29)21-19(7-13-31-21)25-23(27)32-16-20(28)24-14-17-5-3-4-6-18(17)15-26-9-11-30-12-10-26/h2-7,13H,1,8-12,14-16H2,(H,24,28). The van der Waals surface area contributed by atoms with Gasteiger partial charge in [-0.25, -0.2) is 4.98 Å². The monoisotopic (exact) mass is 470 g/mol. The van der Waals surface area contributed by atoms with Crippen LogP contribution in [-0.2, 0) is 29.2 Å². The summed E-state index contributed by atoms with van der Waals surface area (Å²) in [5, 5.41) is 5.39. The molecule has 9 heteroatoms. The van der Waals surface area contributed by atoms with Crippen molar-refractivity contribution in [1.82, 2.24) is 19.8 Å². The molecule has 0 unspecified atom stereocenters. The van der Waals surface area contributed by atoms with Crippen molar-refractivity contribution in [3.05, 3.63) is 69.8 Å². The van der Waals surface area contributed by atoms with E-state index < -0.39 is 0 Å². The number of rotatable bonds is 9. The number of nitrogens with zero attached hydrogens (tertiary/aromatic N) is 3. The fourth-order valence-corrected chi connectivity index (χ4v) is 5.20. The number of thiophene rings is 1. The first-order valence-corrected chi connectivity index (χ1v) is 12.4. The summed E-state index contributed by atoms with van der Waals surface area (Å²) in [4.78, 5) is 32.2. The van der Waals surface area contributed by atoms with Crippen LogP contribution in [-0.4, -0.2) is 52.4 Å². The number of allylic oxidation sites excluding steroid dienone is 1. The highest BCUT2D eigenvalue weighted by Gasteiger charge is 2.15. The van der Waals surface area contributed by atoms with E-state index in [9.17, 15) is 9.59 Å². The Labute approximate surface area is 195 Å². The van der Waals surface area contributed by atoms with Gasteiger partial charge in [0.05, 0.1) is 24.5 Å². The fraction of sp³-hybridized carbons (Fsp3) is 0.348. The van der Waals surface area contributed by atoms with Crippen LogP contribution in [0.25, 0.3) is 10.2 Å². The molecule has 0 aliphatic carbocycles. The van der Waals surface area contributed by atoms with Crippen LogP contribution >= 0.6 is 23.1 Å². The van der Waals surface area contributed by atoms with Crippen molar-refractivity contribution in [2.75, 3.05) is 32.1 Å². The summed E-state index contributed by atoms with van der Waals surface area (Å²) in [5.74, 6) is 0.0891. The molecule has 2 aromatic heterocycles. The third kappa shape index (κ3) is 5.47. The Morgan fingerprint density at radius 3 is 2.81 bits per heavy atom. The highest BCUT2D eigenvalue weighted by Crippen LogP contribution is 2.21. The quantitative estimate of drug-likeness (QED) is 0.294. The molecule has 0 spiro atoms. The Balaban J connectivity index is 1.38. The van der Waals surface area contributed by atoms with E-state index in [1.165, 1.54) is 28.7 Å². The van der Waals surface area contributed by atoms with Gasteiger partial charge >= 0.3 is 0 Å². The van der Waals surface area contributed by atoms with E-state index in [2.05, 4.69) is 33.9 Å². The van der Waals surface area contributed by atoms with Crippen molar-refractivity contribution in [2.45, 2.75) is 24.8 Å². The molecule has 3 aromatic rings. The zero-order valence-corrected chi connectivity index (χ0v) is 19.4. The lowest BCUT2D eigenvalue weighted by Crippen LogP contribution is -2.36. The van der Waals surface area contributed by atoms with Gasteiger partial charge in [-0.15, -0.1) is 17.9 Å². The minimum absolute atomic E-state index is 0.0927. The lowest BCUT2D eigenvalue weighted by molar-refractivity contribution is -0.118. The van der Waals surface area contributed by atoms with Gasteiger partial charge in [0.15, 0.2) is 5.16 Å². The van der Waals surface area contributed by atoms with Gasteiger partial charge < -0.3 is 10.1 Å². The number of ether oxygens (including phenoxy) is 1. The molecule has 0 radical (unpaired) electrons. The van der Waals surface area contributed by atoms with Crippen molar-refractivity contribution in [3.8, 4) is 0 Å². The summed E-state index contributed by atoms with van der Waals surface area (Å²) < 4.78 is 7.62. The molecule has 1 aromatic carbocycles. The normalized spacial score (nSPS) is 14.5. The lowest BCUT2D eigenvalue weighted by atomic mass is 10.1. The second-order valence-electron chi connectivity index (χ2n) is 7.46. The average Bonchev–Trinajstić information content (AvgIpc) is 3.29. The van der Waals surface area contributed by atoms with Crippen molar-refractivity contribution >= 4 is 39.2 Å². The molecule has 0 bridgehead atoms. The average molecular weight is 471 g/mol. The van der Waals surface area contributed by atoms with Gasteiger partial charge in [0.1, 0.15) is 4.70 Å². The van der Waals surface area contributed by atoms with Crippen LogP contribution in [0.15, 0.2) is 58.3 Å². The first-order valence-electron chi connectivity index (χ1n) is 10.5. The van der Waals surface area contributed by atoms with Crippen LogP contribution in [0.5, 0.6) is 0 Å². The van der Waals surface area contributed by atoms with E-state index >= 15 is 0 Å². The summed E-state index contributed by atoms with van der Waals surface area (Å²) in [5.41, 5.74) is 2.90. The molecule has 168 valence electrons. The maximum Gasteiger partial charge on any atom is 0.272 e. The molecule has 1 amide bonds. The SMILES string of the molecule is C=CCn1c(SCC(=O)NCc2ccccc2CN2CCOCC2)nc2ccsc2c1=O. The number of thioether (sulfide) groups is 1. The topological polar surface area (TPSA) is 76.5 Å². The van der Waals surface area contributed by atoms with E-state index in [0.29, 0.717) is 28.5 Å². The fourth-order valence-electron chi connectivity index (χ4n) is 3.58. The summed E-state index contributed by atoms with van der Waals surface area (Å²) >= 11 is 2.65. The van der Waals surface area contributed by atoms with E-state index in [1.807, 2.05) is 23.6 Å². The van der Waals surface area contributed by atoms with Gasteiger partial charge in [-0.3, -0.25) is 19.1 Å². The number of carbonyl (C=O) groups excluding carboxylic acids is 1. The molecule has 0 saturated carbocycles. The Bertz CT molecular complexity index is 1150. The Morgan fingerprint density at radius 1 is 1.25 bits per heavy atom. The summed E-state index contributed by atoms with van der Waals surface area (Å²) in [7, 11) is 0. The summed E-state index contributed by atoms with van der Waals surface area (Å²) in [6, 6.07) is 10.0. The predicted octanol–water partition coefficient (Wildman–Crippen LogP) is 2.88. The number of hydrogen-bond acceptors (Lipinski definition) is 7. The van der Waals surface area contributed by atoms with Crippen molar-refractivity contribution in [3.63, 3.8) is 0 Å². The minimum atomic E-state index is -0.0963. The molecule has 1 fully saturated rings. The predicted molar refractivity (Wildman–Crippen MR) is 129 cm³/mol. The molecule has 32 heavy (non-hydrogen) atoms. The zero-order valence-electron chi connectivity index (χ0n) is 17.8. The zero-order chi connectivity index (χ0) is 22.3. The molecule has 7 nitrogen and oxygen atoms in total. The number of amides is 1. The highest BCUT2D eigenvalue weighted by atomic mass is 32.2. The number of carbonyl (C=O) groups is 1. The van der Waals surface area contributed by atoms with Crippen molar-refractivity contribution in [1.29, 1.82) is 0 Å². The van der Waals surface area contributed by atoms with Gasteiger partial charge in [0.2, 0.25) is 5.91 Å². The third-order valence-corrected chi connectivity index (χ3v) is 7.13. The number of hydrogen-bond donors (Lipinski definition) is 1. The lowest BCUT2D eigenvalue weighted by Gasteiger charge is -2.27. The van der Waals surface area contributed by atoms with E-state index in [1.54, 1.807) is 10.6 Å². The third-order valence-electron chi connectivity index (χ3n) is 5.27. The molecule has 3 heterocycles. The smallest absolute Gasteiger partial charge is 0.272 e. The maximum atomic E-state index is 12.7. The first-order chi connectivity index (χ1) is 15.7. The first kappa shape index (κ1) is 22.7. The Hall–Kier alpha value is -2.46. The second-order valence-corrected chi connectivity index (χ2v) is 9.32. The number of morpholine rings is 1. The largest absolute Gasteiger partial charge is 0.379 e. The van der Waals surface area contributed by atoms with Crippen LogP contribution in [0.2, 0.25) is 0 Å². The minimum Gasteiger partial charge on any atom is -0.379 e. The number of fused-ring (bicyclic) bond motifs is 1. The molecule has 0 atom stereocenters. The van der Waals surface area contributed by atoms with E-state index in [-0.39, 0.29) is 17.2 Å². The van der Waals surface area contributed by atoms with Crippen molar-refractivity contribution in [2.24, 2.45) is 0 Å². The van der Waals surface area contributed by atoms with Crippen LogP contribution in [0, 0.1) is 0 Å². The summed E-state index contributed by atoms with van der Waals surface area (Å²) in [6.07, 6.45) is 1.66. The molecule has 1 saturated heterocycles. The number of aromatic nitrogens is 2. The van der Waals surface area contributed by atoms with Gasteiger partial charge in [0.25, 0.3) is 5.56 Å². The van der Waals surface area contributed by atoms with Crippen LogP contribution in [0.4, 0.5) is 0 Å². The summed E-state index contributed by atoms with van der Waals surface area (Å²) in [6.45, 7) is 8.78. The number of nitrogens with one attached hydrogen (secondary N) is 1. The Morgan fingerprint density at radius 2 is 2.03 bits per heavy atom. The van der Waals surface area contributed by atoms with E-state index in [0.717, 1.165) is 38.4 Å². The molecular weight excluding hydrogens is 444 g/mol. The van der Waals surface area contributed by atoms with Gasteiger partial charge in [0, 0.05) is 32.7 Å². The highest BCUT2D eigenvalue weighted by molar-refractivity contribution is 7.99. The number of benzene rings is 1.